The molecule has 18 heavy (non-hydrogen) atoms. The predicted molar refractivity (Wildman–Crippen MR) is 72.6 cm³/mol. The van der Waals surface area contributed by atoms with Gasteiger partial charge in [0.05, 0.1) is 18.8 Å². The van der Waals surface area contributed by atoms with E-state index < -0.39 is 0 Å². The van der Waals surface area contributed by atoms with E-state index in [-0.39, 0.29) is 6.29 Å². The van der Waals surface area contributed by atoms with Gasteiger partial charge in [-0.15, -0.1) is 0 Å². The molecule has 1 aromatic heterocycles. The monoisotopic (exact) mass is 254 g/mol. The van der Waals surface area contributed by atoms with Gasteiger partial charge in [-0.05, 0) is 38.7 Å². The molecule has 0 radical (unpaired) electrons. The summed E-state index contributed by atoms with van der Waals surface area (Å²) >= 11 is 0. The molecule has 1 atom stereocenters. The van der Waals surface area contributed by atoms with Crippen LogP contribution in [-0.2, 0) is 16.0 Å². The average Bonchev–Trinajstić information content (AvgIpc) is 2.72. The highest BCUT2D eigenvalue weighted by Crippen LogP contribution is 2.13. The van der Waals surface area contributed by atoms with Crippen molar-refractivity contribution in [1.82, 2.24) is 9.78 Å². The number of hydrogen-bond donors (Lipinski definition) is 0. The minimum atomic E-state index is 0.00602. The molecule has 0 bridgehead atoms. The molecule has 2 rings (SSSR count). The number of aryl methyl sites for hydroxylation is 2. The van der Waals surface area contributed by atoms with Crippen LogP contribution < -0.4 is 0 Å². The molecule has 0 aliphatic carbocycles. The van der Waals surface area contributed by atoms with Crippen LogP contribution in [0.2, 0.25) is 0 Å². The lowest BCUT2D eigenvalue weighted by Gasteiger charge is -2.22. The van der Waals surface area contributed by atoms with Gasteiger partial charge in [0.15, 0.2) is 6.29 Å². The molecule has 0 saturated carbocycles. The van der Waals surface area contributed by atoms with Gasteiger partial charge < -0.3 is 9.47 Å². The van der Waals surface area contributed by atoms with Crippen molar-refractivity contribution in [2.45, 2.75) is 59.8 Å². The minimum Gasteiger partial charge on any atom is -0.353 e. The molecule has 0 spiro atoms. The fourth-order valence-electron chi connectivity index (χ4n) is 1.85. The van der Waals surface area contributed by atoms with Gasteiger partial charge in [0.25, 0.3) is 0 Å². The third-order valence-electron chi connectivity index (χ3n) is 2.95. The molecule has 1 aromatic rings. The molecular weight excluding hydrogens is 228 g/mol. The Hall–Kier alpha value is -0.870. The number of rotatable bonds is 4. The van der Waals surface area contributed by atoms with E-state index in [0.717, 1.165) is 31.7 Å². The van der Waals surface area contributed by atoms with Crippen LogP contribution in [0, 0.1) is 13.8 Å². The van der Waals surface area contributed by atoms with E-state index in [2.05, 4.69) is 18.2 Å². The summed E-state index contributed by atoms with van der Waals surface area (Å²) in [7, 11) is 0. The second-order valence-electron chi connectivity index (χ2n) is 4.33. The summed E-state index contributed by atoms with van der Waals surface area (Å²) < 4.78 is 13.1. The van der Waals surface area contributed by atoms with Crippen molar-refractivity contribution < 1.29 is 9.47 Å². The maximum atomic E-state index is 5.65. The van der Waals surface area contributed by atoms with Gasteiger partial charge in [-0.2, -0.15) is 5.10 Å². The Bertz CT molecular complexity index is 311. The summed E-state index contributed by atoms with van der Waals surface area (Å²) in [6.45, 7) is 10.4. The molecule has 1 saturated heterocycles. The Morgan fingerprint density at radius 3 is 2.72 bits per heavy atom. The molecule has 0 aromatic carbocycles. The van der Waals surface area contributed by atoms with E-state index in [4.69, 9.17) is 9.47 Å². The molecule has 1 aliphatic heterocycles. The smallest absolute Gasteiger partial charge is 0.157 e. The lowest BCUT2D eigenvalue weighted by atomic mass is 10.2. The quantitative estimate of drug-likeness (QED) is 0.828. The maximum absolute atomic E-state index is 5.65. The highest BCUT2D eigenvalue weighted by atomic mass is 16.7. The Kier molecular flexibility index (Phi) is 6.98. The largest absolute Gasteiger partial charge is 0.353 e. The van der Waals surface area contributed by atoms with E-state index in [9.17, 15) is 0 Å². The summed E-state index contributed by atoms with van der Waals surface area (Å²) in [5.41, 5.74) is 2.32. The first-order valence-electron chi connectivity index (χ1n) is 6.99. The van der Waals surface area contributed by atoms with Gasteiger partial charge >= 0.3 is 0 Å². The van der Waals surface area contributed by atoms with Gasteiger partial charge in [-0.1, -0.05) is 13.8 Å². The molecule has 0 amide bonds. The van der Waals surface area contributed by atoms with Crippen LogP contribution in [0.5, 0.6) is 0 Å². The number of ether oxygens (including phenoxy) is 2. The van der Waals surface area contributed by atoms with E-state index in [1.165, 1.54) is 12.0 Å². The van der Waals surface area contributed by atoms with Gasteiger partial charge in [-0.3, -0.25) is 4.68 Å². The molecule has 0 N–H and O–H groups in total. The molecule has 1 fully saturated rings. The normalized spacial score (nSPS) is 19.2. The van der Waals surface area contributed by atoms with Crippen LogP contribution in [0.4, 0.5) is 0 Å². The van der Waals surface area contributed by atoms with Crippen molar-refractivity contribution >= 4 is 0 Å². The van der Waals surface area contributed by atoms with Crippen molar-refractivity contribution in [2.24, 2.45) is 0 Å². The zero-order valence-corrected chi connectivity index (χ0v) is 12.1. The first-order valence-corrected chi connectivity index (χ1v) is 6.99. The Balaban J connectivity index is 0.000000771. The van der Waals surface area contributed by atoms with E-state index in [1.807, 2.05) is 25.5 Å². The summed E-state index contributed by atoms with van der Waals surface area (Å²) in [6.07, 6.45) is 5.46. The fraction of sp³-hybridized carbons (Fsp3) is 0.786. The van der Waals surface area contributed by atoms with Gasteiger partial charge in [0, 0.05) is 12.8 Å². The van der Waals surface area contributed by atoms with Crippen LogP contribution in [0.1, 0.15) is 44.4 Å². The summed E-state index contributed by atoms with van der Waals surface area (Å²) in [6, 6.07) is 0. The molecule has 2 heterocycles. The standard InChI is InChI=1S/C12H20N2O2.C2H6/c1-10-9-14(13-11(10)2)6-8-16-12-5-3-4-7-15-12;1-2/h9,12H,3-8H2,1-2H3;1-2H3. The number of hydrogen-bond acceptors (Lipinski definition) is 3. The van der Waals surface area contributed by atoms with Gasteiger partial charge in [0.2, 0.25) is 0 Å². The lowest BCUT2D eigenvalue weighted by molar-refractivity contribution is -0.163. The first-order chi connectivity index (χ1) is 8.75. The second-order valence-corrected chi connectivity index (χ2v) is 4.33. The zero-order valence-electron chi connectivity index (χ0n) is 12.1. The van der Waals surface area contributed by atoms with Crippen LogP contribution >= 0.6 is 0 Å². The average molecular weight is 254 g/mol. The Morgan fingerprint density at radius 1 is 1.39 bits per heavy atom. The van der Waals surface area contributed by atoms with Crippen LogP contribution in [-0.4, -0.2) is 29.3 Å². The lowest BCUT2D eigenvalue weighted by Crippen LogP contribution is -2.24. The van der Waals surface area contributed by atoms with Crippen molar-refractivity contribution in [3.63, 3.8) is 0 Å². The molecule has 4 heteroatoms. The highest BCUT2D eigenvalue weighted by molar-refractivity contribution is 5.12. The van der Waals surface area contributed by atoms with Crippen molar-refractivity contribution in [1.29, 1.82) is 0 Å². The Morgan fingerprint density at radius 2 is 2.17 bits per heavy atom. The minimum absolute atomic E-state index is 0.00602. The highest BCUT2D eigenvalue weighted by Gasteiger charge is 2.13. The molecule has 1 unspecified atom stereocenters. The van der Waals surface area contributed by atoms with E-state index in [1.54, 1.807) is 0 Å². The maximum Gasteiger partial charge on any atom is 0.157 e. The van der Waals surface area contributed by atoms with Gasteiger partial charge in [-0.25, -0.2) is 0 Å². The predicted octanol–water partition coefficient (Wildman–Crippen LogP) is 3.07. The van der Waals surface area contributed by atoms with Crippen molar-refractivity contribution in [3.05, 3.63) is 17.5 Å². The van der Waals surface area contributed by atoms with Crippen LogP contribution in [0.15, 0.2) is 6.20 Å². The number of aromatic nitrogens is 2. The first kappa shape index (κ1) is 15.2. The third-order valence-corrected chi connectivity index (χ3v) is 2.95. The van der Waals surface area contributed by atoms with Gasteiger partial charge in [0.1, 0.15) is 0 Å². The Labute approximate surface area is 110 Å². The number of nitrogens with zero attached hydrogens (tertiary/aromatic N) is 2. The van der Waals surface area contributed by atoms with E-state index >= 15 is 0 Å². The molecule has 4 nitrogen and oxygen atoms in total. The molecule has 104 valence electrons. The SMILES string of the molecule is CC.Cc1cn(CCOC2CCCCO2)nc1C. The van der Waals surface area contributed by atoms with E-state index in [0.29, 0.717) is 6.61 Å². The molecular formula is C14H26N2O2. The topological polar surface area (TPSA) is 36.3 Å². The summed E-state index contributed by atoms with van der Waals surface area (Å²) in [5, 5.41) is 4.39. The van der Waals surface area contributed by atoms with Crippen molar-refractivity contribution in [3.8, 4) is 0 Å². The van der Waals surface area contributed by atoms with Crippen LogP contribution in [0.25, 0.3) is 0 Å². The zero-order chi connectivity index (χ0) is 13.4. The van der Waals surface area contributed by atoms with Crippen molar-refractivity contribution in [2.75, 3.05) is 13.2 Å². The summed E-state index contributed by atoms with van der Waals surface area (Å²) in [5.74, 6) is 0. The van der Waals surface area contributed by atoms with Crippen LogP contribution in [0.3, 0.4) is 0 Å². The summed E-state index contributed by atoms with van der Waals surface area (Å²) in [4.78, 5) is 0. The molecule has 1 aliphatic rings. The second kappa shape index (κ2) is 8.27. The third kappa shape index (κ3) is 4.78. The fourth-order valence-corrected chi connectivity index (χ4v) is 1.85.